The average molecular weight is 295 g/mol. The molecule has 1 aromatic carbocycles. The molecule has 2 N–H and O–H groups in total. The predicted molar refractivity (Wildman–Crippen MR) is 73.8 cm³/mol. The molecule has 1 aromatic rings. The third-order valence-electron chi connectivity index (χ3n) is 3.40. The number of hydrogen-bond acceptors (Lipinski definition) is 5. The van der Waals surface area contributed by atoms with E-state index in [0.717, 1.165) is 0 Å². The van der Waals surface area contributed by atoms with Gasteiger partial charge in [-0.25, -0.2) is 4.79 Å². The number of nitrogens with zero attached hydrogens (tertiary/aromatic N) is 1. The van der Waals surface area contributed by atoms with Crippen molar-refractivity contribution in [1.29, 1.82) is 0 Å². The lowest BCUT2D eigenvalue weighted by molar-refractivity contribution is -0.142. The molecule has 2 rings (SSSR count). The Hall–Kier alpha value is -2.44. The second-order valence-corrected chi connectivity index (χ2v) is 4.94. The van der Waals surface area contributed by atoms with Gasteiger partial charge in [0.1, 0.15) is 6.04 Å². The van der Waals surface area contributed by atoms with Gasteiger partial charge in [0.15, 0.2) is 11.5 Å². The Morgan fingerprint density at radius 2 is 1.86 bits per heavy atom. The minimum Gasteiger partial charge on any atom is -0.481 e. The van der Waals surface area contributed by atoms with E-state index in [9.17, 15) is 14.7 Å². The van der Waals surface area contributed by atoms with Gasteiger partial charge in [-0.15, -0.1) is 0 Å². The number of fused-ring (bicyclic) bond motifs is 1. The van der Waals surface area contributed by atoms with Gasteiger partial charge < -0.3 is 24.6 Å². The molecule has 0 spiro atoms. The van der Waals surface area contributed by atoms with Crippen LogP contribution in [0.3, 0.4) is 0 Å². The van der Waals surface area contributed by atoms with E-state index in [1.807, 2.05) is 0 Å². The smallest absolute Gasteiger partial charge is 0.326 e. The fourth-order valence-corrected chi connectivity index (χ4v) is 2.06. The number of hydrogen-bond donors (Lipinski definition) is 2. The second-order valence-electron chi connectivity index (χ2n) is 4.94. The van der Waals surface area contributed by atoms with Gasteiger partial charge in [0, 0.05) is 18.3 Å². The second kappa shape index (κ2) is 5.90. The third-order valence-corrected chi connectivity index (χ3v) is 3.40. The van der Waals surface area contributed by atoms with Crippen LogP contribution in [-0.4, -0.2) is 41.5 Å². The lowest BCUT2D eigenvalue weighted by Gasteiger charge is -2.30. The Balaban J connectivity index is 2.30. The maximum atomic E-state index is 11.3. The fourth-order valence-electron chi connectivity index (χ4n) is 2.06. The maximum absolute atomic E-state index is 11.3. The summed E-state index contributed by atoms with van der Waals surface area (Å²) in [6.07, 6.45) is 0. The SMILES string of the molecule is CC(CN(c1ccc2c(c1)OCO2)C(C)C(=O)O)C(=O)O. The highest BCUT2D eigenvalue weighted by atomic mass is 16.7. The third kappa shape index (κ3) is 3.18. The molecule has 1 heterocycles. The molecular formula is C14H17NO6. The first-order valence-corrected chi connectivity index (χ1v) is 6.52. The molecule has 114 valence electrons. The van der Waals surface area contributed by atoms with Gasteiger partial charge in [0.25, 0.3) is 0 Å². The summed E-state index contributed by atoms with van der Waals surface area (Å²) < 4.78 is 10.5. The first-order chi connectivity index (χ1) is 9.90. The molecule has 0 saturated carbocycles. The van der Waals surface area contributed by atoms with Gasteiger partial charge in [-0.1, -0.05) is 6.92 Å². The van der Waals surface area contributed by atoms with E-state index in [4.69, 9.17) is 14.6 Å². The largest absolute Gasteiger partial charge is 0.481 e. The topological polar surface area (TPSA) is 96.3 Å². The van der Waals surface area contributed by atoms with Gasteiger partial charge in [0.2, 0.25) is 6.79 Å². The number of carbonyl (C=O) groups is 2. The van der Waals surface area contributed by atoms with E-state index in [2.05, 4.69) is 0 Å². The van der Waals surface area contributed by atoms with Crippen molar-refractivity contribution in [1.82, 2.24) is 0 Å². The summed E-state index contributed by atoms with van der Waals surface area (Å²) in [5.41, 5.74) is 0.585. The zero-order valence-corrected chi connectivity index (χ0v) is 11.8. The van der Waals surface area contributed by atoms with Gasteiger partial charge in [-0.05, 0) is 19.1 Å². The van der Waals surface area contributed by atoms with Gasteiger partial charge in [0.05, 0.1) is 5.92 Å². The van der Waals surface area contributed by atoms with Crippen molar-refractivity contribution < 1.29 is 29.3 Å². The van der Waals surface area contributed by atoms with Crippen LogP contribution in [-0.2, 0) is 9.59 Å². The number of rotatable bonds is 6. The Kier molecular flexibility index (Phi) is 4.21. The molecular weight excluding hydrogens is 278 g/mol. The molecule has 7 heteroatoms. The van der Waals surface area contributed by atoms with Crippen LogP contribution in [0.25, 0.3) is 0 Å². The fraction of sp³-hybridized carbons (Fsp3) is 0.429. The molecule has 0 aromatic heterocycles. The standard InChI is InChI=1S/C14H17NO6/c1-8(13(16)17)6-15(9(2)14(18)19)10-3-4-11-12(5-10)21-7-20-11/h3-5,8-9H,6-7H2,1-2H3,(H,16,17)(H,18,19). The molecule has 0 saturated heterocycles. The summed E-state index contributed by atoms with van der Waals surface area (Å²) in [5, 5.41) is 18.2. The maximum Gasteiger partial charge on any atom is 0.326 e. The van der Waals surface area contributed by atoms with Crippen molar-refractivity contribution in [3.8, 4) is 11.5 Å². The minimum atomic E-state index is -1.02. The number of benzene rings is 1. The molecule has 0 aliphatic carbocycles. The van der Waals surface area contributed by atoms with Crippen LogP contribution in [0, 0.1) is 5.92 Å². The van der Waals surface area contributed by atoms with Gasteiger partial charge in [-0.2, -0.15) is 0 Å². The molecule has 0 radical (unpaired) electrons. The van der Waals surface area contributed by atoms with Crippen molar-refractivity contribution in [3.05, 3.63) is 18.2 Å². The van der Waals surface area contributed by atoms with Crippen LogP contribution >= 0.6 is 0 Å². The van der Waals surface area contributed by atoms with Crippen LogP contribution in [0.15, 0.2) is 18.2 Å². The summed E-state index contributed by atoms with van der Waals surface area (Å²) in [4.78, 5) is 23.8. The van der Waals surface area contributed by atoms with Crippen LogP contribution in [0.1, 0.15) is 13.8 Å². The minimum absolute atomic E-state index is 0.0858. The molecule has 21 heavy (non-hydrogen) atoms. The molecule has 1 aliphatic rings. The van der Waals surface area contributed by atoms with E-state index >= 15 is 0 Å². The van der Waals surface area contributed by atoms with Crippen LogP contribution in [0.4, 0.5) is 5.69 Å². The highest BCUT2D eigenvalue weighted by Crippen LogP contribution is 2.36. The van der Waals surface area contributed by atoms with Crippen molar-refractivity contribution in [2.45, 2.75) is 19.9 Å². The summed E-state index contributed by atoms with van der Waals surface area (Å²) in [6.45, 7) is 3.26. The van der Waals surface area contributed by atoms with Crippen LogP contribution in [0.5, 0.6) is 11.5 Å². The molecule has 7 nitrogen and oxygen atoms in total. The molecule has 0 bridgehead atoms. The zero-order chi connectivity index (χ0) is 15.6. The molecule has 1 aliphatic heterocycles. The predicted octanol–water partition coefficient (Wildman–Crippen LogP) is 1.42. The quantitative estimate of drug-likeness (QED) is 0.819. The first kappa shape index (κ1) is 15.0. The Labute approximate surface area is 121 Å². The summed E-state index contributed by atoms with van der Waals surface area (Å²) in [7, 11) is 0. The average Bonchev–Trinajstić information content (AvgIpc) is 2.90. The Morgan fingerprint density at radius 1 is 1.19 bits per heavy atom. The number of anilines is 1. The van der Waals surface area contributed by atoms with E-state index < -0.39 is 23.9 Å². The van der Waals surface area contributed by atoms with Gasteiger partial charge >= 0.3 is 11.9 Å². The van der Waals surface area contributed by atoms with E-state index in [-0.39, 0.29) is 13.3 Å². The van der Waals surface area contributed by atoms with Crippen LogP contribution in [0.2, 0.25) is 0 Å². The van der Waals surface area contributed by atoms with Crippen molar-refractivity contribution in [2.24, 2.45) is 5.92 Å². The molecule has 2 unspecified atom stereocenters. The van der Waals surface area contributed by atoms with Crippen LogP contribution < -0.4 is 14.4 Å². The van der Waals surface area contributed by atoms with E-state index in [0.29, 0.717) is 17.2 Å². The van der Waals surface area contributed by atoms with Crippen molar-refractivity contribution >= 4 is 17.6 Å². The first-order valence-electron chi connectivity index (χ1n) is 6.52. The number of ether oxygens (including phenoxy) is 2. The van der Waals surface area contributed by atoms with Crippen molar-refractivity contribution in [3.63, 3.8) is 0 Å². The summed E-state index contributed by atoms with van der Waals surface area (Å²) in [5.74, 6) is -1.58. The summed E-state index contributed by atoms with van der Waals surface area (Å²) >= 11 is 0. The number of aliphatic carboxylic acids is 2. The summed E-state index contributed by atoms with van der Waals surface area (Å²) in [6, 6.07) is 4.19. The Morgan fingerprint density at radius 3 is 2.48 bits per heavy atom. The number of carboxylic acid groups (broad SMARTS) is 2. The van der Waals surface area contributed by atoms with E-state index in [1.165, 1.54) is 18.7 Å². The van der Waals surface area contributed by atoms with Crippen molar-refractivity contribution in [2.75, 3.05) is 18.2 Å². The highest BCUT2D eigenvalue weighted by molar-refractivity contribution is 5.79. The number of carboxylic acids is 2. The normalized spacial score (nSPS) is 15.3. The van der Waals surface area contributed by atoms with E-state index in [1.54, 1.807) is 18.2 Å². The Bertz CT molecular complexity index is 558. The molecule has 0 fully saturated rings. The zero-order valence-electron chi connectivity index (χ0n) is 11.8. The monoisotopic (exact) mass is 295 g/mol. The van der Waals surface area contributed by atoms with Gasteiger partial charge in [-0.3, -0.25) is 4.79 Å². The lowest BCUT2D eigenvalue weighted by atomic mass is 10.1. The molecule has 0 amide bonds. The molecule has 2 atom stereocenters. The lowest BCUT2D eigenvalue weighted by Crippen LogP contribution is -2.43. The highest BCUT2D eigenvalue weighted by Gasteiger charge is 2.26.